The number of likely N-dealkylation sites (tertiary alicyclic amines) is 1. The van der Waals surface area contributed by atoms with Gasteiger partial charge in [-0.15, -0.1) is 0 Å². The van der Waals surface area contributed by atoms with E-state index in [1.165, 1.54) is 12.3 Å². The molecule has 1 aromatic heterocycles. The van der Waals surface area contributed by atoms with Gasteiger partial charge < -0.3 is 19.5 Å². The zero-order valence-electron chi connectivity index (χ0n) is 16.4. The SMILES string of the molecule is COCCc1nccnc1C(=O)N1CCC[C@H]1CCOc1cccc(O)c1C=O. The standard InChI is InChI=1S/C21H25N3O5/c1-28-12-8-17-20(23-10-9-22-17)21(27)24-11-3-4-15(24)7-13-29-19-6-2-5-18(26)16(19)14-25/h2,5-6,9-10,14-15,26H,3-4,7-8,11-13H2,1H3/t15-/m0/s1. The fourth-order valence-corrected chi connectivity index (χ4v) is 3.55. The largest absolute Gasteiger partial charge is 0.507 e. The number of ether oxygens (including phenoxy) is 2. The van der Waals surface area contributed by atoms with E-state index in [0.717, 1.165) is 12.8 Å². The monoisotopic (exact) mass is 399 g/mol. The molecule has 0 spiro atoms. The highest BCUT2D eigenvalue weighted by atomic mass is 16.5. The number of benzene rings is 1. The molecule has 0 unspecified atom stereocenters. The number of phenolic OH excluding ortho intramolecular Hbond substituents is 1. The molecule has 1 N–H and O–H groups in total. The number of aldehydes is 1. The van der Waals surface area contributed by atoms with Gasteiger partial charge in [-0.1, -0.05) is 6.07 Å². The lowest BCUT2D eigenvalue weighted by Gasteiger charge is -2.25. The van der Waals surface area contributed by atoms with Gasteiger partial charge in [-0.3, -0.25) is 14.6 Å². The number of carbonyl (C=O) groups excluding carboxylic acids is 2. The normalized spacial score (nSPS) is 16.0. The molecule has 1 saturated heterocycles. The summed E-state index contributed by atoms with van der Waals surface area (Å²) in [5.74, 6) is 0.103. The lowest BCUT2D eigenvalue weighted by molar-refractivity contribution is 0.0711. The molecule has 2 heterocycles. The molecule has 1 aromatic carbocycles. The van der Waals surface area contributed by atoms with E-state index in [1.807, 2.05) is 4.90 Å². The summed E-state index contributed by atoms with van der Waals surface area (Å²) in [4.78, 5) is 34.6. The Morgan fingerprint density at radius 1 is 1.31 bits per heavy atom. The summed E-state index contributed by atoms with van der Waals surface area (Å²) in [6.45, 7) is 1.46. The number of aromatic nitrogens is 2. The maximum absolute atomic E-state index is 13.1. The van der Waals surface area contributed by atoms with E-state index in [4.69, 9.17) is 9.47 Å². The highest BCUT2D eigenvalue weighted by molar-refractivity contribution is 5.93. The molecular weight excluding hydrogens is 374 g/mol. The number of amides is 1. The molecule has 1 fully saturated rings. The van der Waals surface area contributed by atoms with Crippen LogP contribution in [0.25, 0.3) is 0 Å². The first-order valence-electron chi connectivity index (χ1n) is 9.65. The van der Waals surface area contributed by atoms with Crippen molar-refractivity contribution in [2.75, 3.05) is 26.9 Å². The van der Waals surface area contributed by atoms with Gasteiger partial charge in [-0.2, -0.15) is 0 Å². The number of hydrogen-bond acceptors (Lipinski definition) is 7. The van der Waals surface area contributed by atoms with Crippen LogP contribution in [0.1, 0.15) is 45.8 Å². The average Bonchev–Trinajstić information content (AvgIpc) is 3.20. The molecule has 1 aliphatic rings. The van der Waals surface area contributed by atoms with E-state index in [0.29, 0.717) is 56.0 Å². The van der Waals surface area contributed by atoms with Crippen LogP contribution in [0.4, 0.5) is 0 Å². The minimum atomic E-state index is -0.127. The van der Waals surface area contributed by atoms with Crippen molar-refractivity contribution in [2.45, 2.75) is 31.7 Å². The molecule has 8 heteroatoms. The van der Waals surface area contributed by atoms with Crippen molar-refractivity contribution in [1.82, 2.24) is 14.9 Å². The summed E-state index contributed by atoms with van der Waals surface area (Å²) in [7, 11) is 1.61. The molecule has 0 saturated carbocycles. The second kappa shape index (κ2) is 9.97. The van der Waals surface area contributed by atoms with E-state index in [-0.39, 0.29) is 23.3 Å². The first kappa shape index (κ1) is 20.7. The zero-order chi connectivity index (χ0) is 20.6. The quantitative estimate of drug-likeness (QED) is 0.645. The molecule has 1 atom stereocenters. The number of phenols is 1. The van der Waals surface area contributed by atoms with Crippen molar-refractivity contribution in [2.24, 2.45) is 0 Å². The van der Waals surface area contributed by atoms with Crippen LogP contribution in [-0.2, 0) is 11.2 Å². The van der Waals surface area contributed by atoms with E-state index >= 15 is 0 Å². The van der Waals surface area contributed by atoms with Crippen LogP contribution >= 0.6 is 0 Å². The third-order valence-corrected chi connectivity index (χ3v) is 5.03. The van der Waals surface area contributed by atoms with Crippen LogP contribution < -0.4 is 4.74 Å². The van der Waals surface area contributed by atoms with E-state index in [2.05, 4.69) is 9.97 Å². The van der Waals surface area contributed by atoms with Gasteiger partial charge in [-0.25, -0.2) is 4.98 Å². The van der Waals surface area contributed by atoms with Gasteiger partial charge in [0.2, 0.25) is 0 Å². The van der Waals surface area contributed by atoms with Gasteiger partial charge in [0.25, 0.3) is 5.91 Å². The number of aromatic hydroxyl groups is 1. The minimum Gasteiger partial charge on any atom is -0.507 e. The van der Waals surface area contributed by atoms with Crippen molar-refractivity contribution in [3.63, 3.8) is 0 Å². The number of hydrogen-bond donors (Lipinski definition) is 1. The van der Waals surface area contributed by atoms with Gasteiger partial charge in [0.05, 0.1) is 24.5 Å². The molecule has 2 aromatic rings. The Kier molecular flexibility index (Phi) is 7.13. The Morgan fingerprint density at radius 2 is 2.14 bits per heavy atom. The fraction of sp³-hybridized carbons (Fsp3) is 0.429. The van der Waals surface area contributed by atoms with Gasteiger partial charge in [0, 0.05) is 44.9 Å². The molecule has 1 amide bonds. The van der Waals surface area contributed by atoms with Gasteiger partial charge in [0.15, 0.2) is 6.29 Å². The lowest BCUT2D eigenvalue weighted by Crippen LogP contribution is -2.37. The van der Waals surface area contributed by atoms with Crippen LogP contribution in [0, 0.1) is 0 Å². The summed E-state index contributed by atoms with van der Waals surface area (Å²) in [5, 5.41) is 9.74. The molecule has 154 valence electrons. The number of nitrogens with zero attached hydrogens (tertiary/aromatic N) is 3. The Bertz CT molecular complexity index is 858. The van der Waals surface area contributed by atoms with Gasteiger partial charge >= 0.3 is 0 Å². The third-order valence-electron chi connectivity index (χ3n) is 5.03. The molecule has 0 radical (unpaired) electrons. The zero-order valence-corrected chi connectivity index (χ0v) is 16.4. The van der Waals surface area contributed by atoms with Crippen molar-refractivity contribution < 1.29 is 24.2 Å². The highest BCUT2D eigenvalue weighted by Crippen LogP contribution is 2.27. The summed E-state index contributed by atoms with van der Waals surface area (Å²) in [5.41, 5.74) is 1.14. The Labute approximate surface area is 169 Å². The predicted molar refractivity (Wildman–Crippen MR) is 105 cm³/mol. The molecule has 0 bridgehead atoms. The van der Waals surface area contributed by atoms with E-state index in [1.54, 1.807) is 25.4 Å². The first-order chi connectivity index (χ1) is 14.2. The van der Waals surface area contributed by atoms with Crippen molar-refractivity contribution >= 4 is 12.2 Å². The Balaban J connectivity index is 1.64. The van der Waals surface area contributed by atoms with Crippen LogP contribution in [0.2, 0.25) is 0 Å². The van der Waals surface area contributed by atoms with Crippen molar-refractivity contribution in [3.05, 3.63) is 47.5 Å². The summed E-state index contributed by atoms with van der Waals surface area (Å²) < 4.78 is 10.8. The second-order valence-electron chi connectivity index (χ2n) is 6.83. The van der Waals surface area contributed by atoms with Gasteiger partial charge in [-0.05, 0) is 25.0 Å². The van der Waals surface area contributed by atoms with Crippen LogP contribution in [0.15, 0.2) is 30.6 Å². The third kappa shape index (κ3) is 4.89. The molecule has 3 rings (SSSR count). The number of carbonyl (C=O) groups is 2. The highest BCUT2D eigenvalue weighted by Gasteiger charge is 2.31. The summed E-state index contributed by atoms with van der Waals surface area (Å²) >= 11 is 0. The molecule has 0 aliphatic carbocycles. The molecule has 8 nitrogen and oxygen atoms in total. The average molecular weight is 399 g/mol. The van der Waals surface area contributed by atoms with Crippen LogP contribution in [0.5, 0.6) is 11.5 Å². The maximum atomic E-state index is 13.1. The Hall–Kier alpha value is -3.00. The summed E-state index contributed by atoms with van der Waals surface area (Å²) in [6, 6.07) is 4.73. The smallest absolute Gasteiger partial charge is 0.274 e. The maximum Gasteiger partial charge on any atom is 0.274 e. The second-order valence-corrected chi connectivity index (χ2v) is 6.83. The lowest BCUT2D eigenvalue weighted by atomic mass is 10.1. The number of methoxy groups -OCH3 is 1. The number of rotatable bonds is 9. The molecular formula is C21H25N3O5. The minimum absolute atomic E-state index is 0.0248. The van der Waals surface area contributed by atoms with Crippen molar-refractivity contribution in [1.29, 1.82) is 0 Å². The molecule has 29 heavy (non-hydrogen) atoms. The van der Waals surface area contributed by atoms with Crippen molar-refractivity contribution in [3.8, 4) is 11.5 Å². The van der Waals surface area contributed by atoms with Gasteiger partial charge in [0.1, 0.15) is 17.2 Å². The first-order valence-corrected chi connectivity index (χ1v) is 9.65. The van der Waals surface area contributed by atoms with Crippen LogP contribution in [-0.4, -0.2) is 65.1 Å². The fourth-order valence-electron chi connectivity index (χ4n) is 3.55. The summed E-state index contributed by atoms with van der Waals surface area (Å²) in [6.07, 6.45) is 6.62. The Morgan fingerprint density at radius 3 is 2.93 bits per heavy atom. The topological polar surface area (TPSA) is 102 Å². The molecule has 1 aliphatic heterocycles. The van der Waals surface area contributed by atoms with E-state index in [9.17, 15) is 14.7 Å². The van der Waals surface area contributed by atoms with Crippen LogP contribution in [0.3, 0.4) is 0 Å². The van der Waals surface area contributed by atoms with E-state index < -0.39 is 0 Å². The predicted octanol–water partition coefficient (Wildman–Crippen LogP) is 2.26.